The molecule has 7 heteroatoms. The topological polar surface area (TPSA) is 93.5 Å². The Morgan fingerprint density at radius 2 is 2.24 bits per heavy atom. The summed E-state index contributed by atoms with van der Waals surface area (Å²) in [5.74, 6) is -1.20. The fourth-order valence-corrected chi connectivity index (χ4v) is 2.25. The number of ether oxygens (including phenoxy) is 1. The monoisotopic (exact) mass is 293 g/mol. The molecule has 2 rings (SSSR count). The number of carboxylic acids is 1. The molecule has 0 spiro atoms. The third-order valence-corrected chi connectivity index (χ3v) is 3.77. The maximum absolute atomic E-state index is 11.8. The maximum Gasteiger partial charge on any atom is 0.311 e. The highest BCUT2D eigenvalue weighted by molar-refractivity contribution is 5.91. The van der Waals surface area contributed by atoms with E-state index in [2.05, 4.69) is 10.4 Å². The first kappa shape index (κ1) is 15.2. The third kappa shape index (κ3) is 3.69. The van der Waals surface area contributed by atoms with Crippen LogP contribution in [0.3, 0.4) is 0 Å². The van der Waals surface area contributed by atoms with E-state index in [1.54, 1.807) is 30.1 Å². The van der Waals surface area contributed by atoms with E-state index in [1.165, 1.54) is 6.08 Å². The van der Waals surface area contributed by atoms with Crippen molar-refractivity contribution < 1.29 is 19.4 Å². The van der Waals surface area contributed by atoms with Crippen molar-refractivity contribution in [1.82, 2.24) is 15.1 Å². The minimum atomic E-state index is -0.922. The van der Waals surface area contributed by atoms with Crippen LogP contribution < -0.4 is 5.32 Å². The Morgan fingerprint density at radius 1 is 1.52 bits per heavy atom. The van der Waals surface area contributed by atoms with Gasteiger partial charge < -0.3 is 15.2 Å². The van der Waals surface area contributed by atoms with Crippen LogP contribution in [-0.2, 0) is 21.4 Å². The van der Waals surface area contributed by atoms with Crippen LogP contribution in [0.25, 0.3) is 6.08 Å². The van der Waals surface area contributed by atoms with Gasteiger partial charge >= 0.3 is 5.97 Å². The van der Waals surface area contributed by atoms with Gasteiger partial charge in [0.05, 0.1) is 11.1 Å². The third-order valence-electron chi connectivity index (χ3n) is 3.77. The maximum atomic E-state index is 11.8. The van der Waals surface area contributed by atoms with E-state index in [4.69, 9.17) is 4.74 Å². The van der Waals surface area contributed by atoms with E-state index in [0.29, 0.717) is 26.1 Å². The molecule has 2 heterocycles. The summed E-state index contributed by atoms with van der Waals surface area (Å²) in [5.41, 5.74) is -0.127. The Kier molecular flexibility index (Phi) is 4.74. The second-order valence-corrected chi connectivity index (χ2v) is 5.13. The number of aromatic nitrogens is 2. The summed E-state index contributed by atoms with van der Waals surface area (Å²) in [4.78, 5) is 23.2. The summed E-state index contributed by atoms with van der Waals surface area (Å²) in [5, 5.41) is 16.0. The van der Waals surface area contributed by atoms with Gasteiger partial charge in [-0.1, -0.05) is 0 Å². The Labute approximate surface area is 122 Å². The highest BCUT2D eigenvalue weighted by Crippen LogP contribution is 2.30. The Balaban J connectivity index is 1.92. The summed E-state index contributed by atoms with van der Waals surface area (Å²) in [6.07, 6.45) is 5.48. The zero-order chi connectivity index (χ0) is 15.3. The highest BCUT2D eigenvalue weighted by Gasteiger charge is 2.40. The number of carbonyl (C=O) groups excluding carboxylic acids is 1. The average molecular weight is 293 g/mol. The predicted octanol–water partition coefficient (Wildman–Crippen LogP) is 0.431. The van der Waals surface area contributed by atoms with E-state index < -0.39 is 11.4 Å². The summed E-state index contributed by atoms with van der Waals surface area (Å²) >= 11 is 0. The lowest BCUT2D eigenvalue weighted by Gasteiger charge is -2.32. The number of amides is 1. The highest BCUT2D eigenvalue weighted by atomic mass is 16.5. The van der Waals surface area contributed by atoms with Crippen molar-refractivity contribution in [2.75, 3.05) is 19.8 Å². The quantitative estimate of drug-likeness (QED) is 0.768. The van der Waals surface area contributed by atoms with Crippen molar-refractivity contribution in [2.45, 2.75) is 12.8 Å². The van der Waals surface area contributed by atoms with Crippen molar-refractivity contribution in [2.24, 2.45) is 12.5 Å². The molecule has 1 aliphatic heterocycles. The van der Waals surface area contributed by atoms with Crippen LogP contribution >= 0.6 is 0 Å². The van der Waals surface area contributed by atoms with E-state index in [9.17, 15) is 14.7 Å². The van der Waals surface area contributed by atoms with Crippen LogP contribution in [0.2, 0.25) is 0 Å². The van der Waals surface area contributed by atoms with E-state index in [-0.39, 0.29) is 12.5 Å². The number of carboxylic acid groups (broad SMARTS) is 1. The molecule has 0 bridgehead atoms. The number of nitrogens with one attached hydrogen (secondary N) is 1. The first-order valence-electron chi connectivity index (χ1n) is 6.79. The van der Waals surface area contributed by atoms with Crippen molar-refractivity contribution in [1.29, 1.82) is 0 Å². The van der Waals surface area contributed by atoms with Crippen molar-refractivity contribution in [3.05, 3.63) is 24.0 Å². The van der Waals surface area contributed by atoms with Crippen LogP contribution in [0.1, 0.15) is 18.5 Å². The number of aryl methyl sites for hydroxylation is 1. The summed E-state index contributed by atoms with van der Waals surface area (Å²) in [6, 6.07) is 1.78. The second-order valence-electron chi connectivity index (χ2n) is 5.13. The standard InChI is InChI=1S/C14H19N3O4/c1-17-11(4-7-16-17)2-3-12(18)15-10-14(13(19)20)5-8-21-9-6-14/h2-4,7H,5-6,8-10H2,1H3,(H,15,18)(H,19,20)/b3-2+. The molecule has 7 nitrogen and oxygen atoms in total. The van der Waals surface area contributed by atoms with Crippen LogP contribution in [0.5, 0.6) is 0 Å². The summed E-state index contributed by atoms with van der Waals surface area (Å²) < 4.78 is 6.83. The molecule has 1 aromatic rings. The number of carbonyl (C=O) groups is 2. The lowest BCUT2D eigenvalue weighted by molar-refractivity contribution is -0.154. The average Bonchev–Trinajstić information content (AvgIpc) is 2.89. The molecule has 1 aromatic heterocycles. The smallest absolute Gasteiger partial charge is 0.311 e. The van der Waals surface area contributed by atoms with Gasteiger partial charge in [-0.3, -0.25) is 14.3 Å². The molecule has 0 saturated carbocycles. The van der Waals surface area contributed by atoms with Gasteiger partial charge in [-0.15, -0.1) is 0 Å². The number of nitrogens with zero attached hydrogens (tertiary/aromatic N) is 2. The van der Waals surface area contributed by atoms with Crippen LogP contribution in [0, 0.1) is 5.41 Å². The minimum absolute atomic E-state index is 0.111. The Hall–Kier alpha value is -2.15. The van der Waals surface area contributed by atoms with Crippen molar-refractivity contribution >= 4 is 18.0 Å². The summed E-state index contributed by atoms with van der Waals surface area (Å²) in [7, 11) is 1.78. The molecule has 21 heavy (non-hydrogen) atoms. The van der Waals surface area contributed by atoms with E-state index in [1.807, 2.05) is 0 Å². The molecular formula is C14H19N3O4. The zero-order valence-corrected chi connectivity index (χ0v) is 11.9. The van der Waals surface area contributed by atoms with Gasteiger partial charge in [0.2, 0.25) is 5.91 Å². The molecule has 0 atom stereocenters. The number of rotatable bonds is 5. The van der Waals surface area contributed by atoms with E-state index >= 15 is 0 Å². The summed E-state index contributed by atoms with van der Waals surface area (Å²) in [6.45, 7) is 0.931. The van der Waals surface area contributed by atoms with Gasteiger partial charge in [0, 0.05) is 39.1 Å². The van der Waals surface area contributed by atoms with E-state index in [0.717, 1.165) is 5.69 Å². The van der Waals surface area contributed by atoms with Gasteiger partial charge in [-0.2, -0.15) is 5.10 Å². The van der Waals surface area contributed by atoms with Gasteiger partial charge in [0.15, 0.2) is 0 Å². The minimum Gasteiger partial charge on any atom is -0.481 e. The molecule has 0 radical (unpaired) electrons. The first-order valence-corrected chi connectivity index (χ1v) is 6.79. The molecule has 114 valence electrons. The molecular weight excluding hydrogens is 274 g/mol. The first-order chi connectivity index (χ1) is 10.0. The van der Waals surface area contributed by atoms with Crippen molar-refractivity contribution in [3.8, 4) is 0 Å². The molecule has 1 saturated heterocycles. The fourth-order valence-electron chi connectivity index (χ4n) is 2.25. The fraction of sp³-hybridized carbons (Fsp3) is 0.500. The van der Waals surface area contributed by atoms with Crippen LogP contribution in [0.15, 0.2) is 18.3 Å². The molecule has 0 aliphatic carbocycles. The Morgan fingerprint density at radius 3 is 2.81 bits per heavy atom. The molecule has 0 unspecified atom stereocenters. The van der Waals surface area contributed by atoms with Crippen LogP contribution in [0.4, 0.5) is 0 Å². The van der Waals surface area contributed by atoms with Crippen molar-refractivity contribution in [3.63, 3.8) is 0 Å². The number of aliphatic carboxylic acids is 1. The molecule has 0 aromatic carbocycles. The molecule has 1 aliphatic rings. The van der Waals surface area contributed by atoms with Gasteiger partial charge in [0.25, 0.3) is 0 Å². The SMILES string of the molecule is Cn1nccc1/C=C/C(=O)NCC1(C(=O)O)CCOCC1. The zero-order valence-electron chi connectivity index (χ0n) is 11.9. The number of hydrogen-bond acceptors (Lipinski definition) is 4. The van der Waals surface area contributed by atoms with Gasteiger partial charge in [0.1, 0.15) is 0 Å². The largest absolute Gasteiger partial charge is 0.481 e. The lowest BCUT2D eigenvalue weighted by atomic mass is 9.80. The van der Waals surface area contributed by atoms with Gasteiger partial charge in [-0.25, -0.2) is 0 Å². The van der Waals surface area contributed by atoms with Gasteiger partial charge in [-0.05, 0) is 25.0 Å². The predicted molar refractivity (Wildman–Crippen MR) is 75.4 cm³/mol. The number of hydrogen-bond donors (Lipinski definition) is 2. The molecule has 1 fully saturated rings. The van der Waals surface area contributed by atoms with Crippen LogP contribution in [-0.4, -0.2) is 46.5 Å². The molecule has 2 N–H and O–H groups in total. The Bertz CT molecular complexity index is 544. The lowest BCUT2D eigenvalue weighted by Crippen LogP contribution is -2.46. The molecule has 1 amide bonds. The second kappa shape index (κ2) is 6.53. The normalized spacial score (nSPS) is 17.8.